The summed E-state index contributed by atoms with van der Waals surface area (Å²) < 4.78 is 6.05. The first-order valence-electron chi connectivity index (χ1n) is 12.2. The number of hydrogen-bond acceptors (Lipinski definition) is 5. The van der Waals surface area contributed by atoms with Gasteiger partial charge in [-0.2, -0.15) is 0 Å². The first kappa shape index (κ1) is 21.2. The Morgan fingerprint density at radius 1 is 1.03 bits per heavy atom. The number of benzene rings is 2. The van der Waals surface area contributed by atoms with E-state index in [2.05, 4.69) is 47.9 Å². The van der Waals surface area contributed by atoms with Crippen molar-refractivity contribution in [1.82, 2.24) is 9.97 Å². The van der Waals surface area contributed by atoms with Gasteiger partial charge in [-0.15, -0.1) is 0 Å². The lowest BCUT2D eigenvalue weighted by Crippen LogP contribution is -2.56. The van der Waals surface area contributed by atoms with Crippen LogP contribution in [0.15, 0.2) is 36.4 Å². The summed E-state index contributed by atoms with van der Waals surface area (Å²) in [6.45, 7) is 8.99. The molecular weight excluding hydrogens is 432 g/mol. The van der Waals surface area contributed by atoms with Crippen molar-refractivity contribution < 1.29 is 4.74 Å². The van der Waals surface area contributed by atoms with E-state index in [1.165, 1.54) is 29.5 Å². The predicted octanol–water partition coefficient (Wildman–Crippen LogP) is 5.73. The van der Waals surface area contributed by atoms with Crippen LogP contribution in [0.5, 0.6) is 0 Å². The SMILES string of the molecule is CC(C)c1nc2c(c(N3CCCC4(CCO4)C3)n1)CCN(c1cccc3cccc(Cl)c13)C2. The van der Waals surface area contributed by atoms with Crippen LogP contribution in [0.1, 0.15) is 56.1 Å². The second kappa shape index (κ2) is 8.14. The Balaban J connectivity index is 1.39. The summed E-state index contributed by atoms with van der Waals surface area (Å²) in [5, 5.41) is 3.11. The van der Waals surface area contributed by atoms with Crippen LogP contribution >= 0.6 is 11.6 Å². The molecule has 0 N–H and O–H groups in total. The van der Waals surface area contributed by atoms with Crippen LogP contribution in [0.3, 0.4) is 0 Å². The second-order valence-electron chi connectivity index (χ2n) is 10.1. The maximum absolute atomic E-state index is 6.65. The summed E-state index contributed by atoms with van der Waals surface area (Å²) in [5.41, 5.74) is 3.72. The maximum Gasteiger partial charge on any atom is 0.136 e. The largest absolute Gasteiger partial charge is 0.373 e. The minimum absolute atomic E-state index is 0.0501. The average Bonchev–Trinajstić information content (AvgIpc) is 2.82. The molecule has 2 fully saturated rings. The number of anilines is 2. The molecular formula is C27H31ClN4O. The minimum Gasteiger partial charge on any atom is -0.373 e. The molecule has 1 spiro atoms. The lowest BCUT2D eigenvalue weighted by molar-refractivity contribution is -0.151. The van der Waals surface area contributed by atoms with Crippen LogP contribution < -0.4 is 9.80 Å². The van der Waals surface area contributed by atoms with Gasteiger partial charge in [-0.05, 0) is 36.8 Å². The molecule has 6 heteroatoms. The molecule has 0 aliphatic carbocycles. The first-order chi connectivity index (χ1) is 16.0. The van der Waals surface area contributed by atoms with E-state index < -0.39 is 0 Å². The Hall–Kier alpha value is -2.37. The molecule has 33 heavy (non-hydrogen) atoms. The summed E-state index contributed by atoms with van der Waals surface area (Å²) in [6.07, 6.45) is 4.44. The number of fused-ring (bicyclic) bond motifs is 2. The van der Waals surface area contributed by atoms with Crippen molar-refractivity contribution in [3.05, 3.63) is 58.5 Å². The minimum atomic E-state index is 0.0501. The Morgan fingerprint density at radius 2 is 1.85 bits per heavy atom. The molecule has 6 rings (SSSR count). The van der Waals surface area contributed by atoms with Gasteiger partial charge in [0.15, 0.2) is 0 Å². The highest BCUT2D eigenvalue weighted by molar-refractivity contribution is 6.36. The topological polar surface area (TPSA) is 41.5 Å². The highest BCUT2D eigenvalue weighted by Crippen LogP contribution is 2.40. The van der Waals surface area contributed by atoms with Crippen molar-refractivity contribution in [2.24, 2.45) is 0 Å². The smallest absolute Gasteiger partial charge is 0.136 e. The zero-order valence-corrected chi connectivity index (χ0v) is 20.2. The van der Waals surface area contributed by atoms with Gasteiger partial charge in [-0.1, -0.05) is 49.7 Å². The van der Waals surface area contributed by atoms with Crippen LogP contribution in [0, 0.1) is 0 Å². The Morgan fingerprint density at radius 3 is 2.61 bits per heavy atom. The molecule has 5 nitrogen and oxygen atoms in total. The first-order valence-corrected chi connectivity index (χ1v) is 12.6. The van der Waals surface area contributed by atoms with Gasteiger partial charge in [0.2, 0.25) is 0 Å². The van der Waals surface area contributed by atoms with Gasteiger partial charge in [-0.25, -0.2) is 9.97 Å². The van der Waals surface area contributed by atoms with E-state index in [9.17, 15) is 0 Å². The molecule has 0 amide bonds. The summed E-state index contributed by atoms with van der Waals surface area (Å²) in [4.78, 5) is 15.1. The van der Waals surface area contributed by atoms with Crippen molar-refractivity contribution in [3.8, 4) is 0 Å². The van der Waals surface area contributed by atoms with E-state index in [1.54, 1.807) is 0 Å². The number of nitrogens with zero attached hydrogens (tertiary/aromatic N) is 4. The van der Waals surface area contributed by atoms with Crippen LogP contribution in [0.2, 0.25) is 5.02 Å². The molecule has 1 unspecified atom stereocenters. The van der Waals surface area contributed by atoms with Crippen molar-refractivity contribution >= 4 is 33.9 Å². The van der Waals surface area contributed by atoms with E-state index in [-0.39, 0.29) is 11.5 Å². The molecule has 0 saturated carbocycles. The van der Waals surface area contributed by atoms with Crippen molar-refractivity contribution in [2.75, 3.05) is 36.0 Å². The highest BCUT2D eigenvalue weighted by atomic mass is 35.5. The summed E-state index contributed by atoms with van der Waals surface area (Å²) in [5.74, 6) is 2.37. The lowest BCUT2D eigenvalue weighted by atomic mass is 9.85. The third-order valence-electron chi connectivity index (χ3n) is 7.55. The van der Waals surface area contributed by atoms with E-state index >= 15 is 0 Å². The third kappa shape index (κ3) is 3.66. The standard InChI is InChI=1S/C27H31ClN4O/c1-18(2)25-29-22-16-31(23-9-4-7-19-6-3-8-21(28)24(19)23)14-10-20(22)26(30-25)32-13-5-11-27(17-32)12-15-33-27/h3-4,6-9,18H,5,10-17H2,1-2H3. The van der Waals surface area contributed by atoms with Gasteiger partial charge in [0, 0.05) is 48.6 Å². The number of aromatic nitrogens is 2. The zero-order valence-electron chi connectivity index (χ0n) is 19.5. The van der Waals surface area contributed by atoms with E-state index in [4.69, 9.17) is 26.3 Å². The Labute approximate surface area is 200 Å². The fraction of sp³-hybridized carbons (Fsp3) is 0.481. The zero-order chi connectivity index (χ0) is 22.6. The van der Waals surface area contributed by atoms with Gasteiger partial charge in [0.05, 0.1) is 29.5 Å². The second-order valence-corrected chi connectivity index (χ2v) is 10.5. The average molecular weight is 463 g/mol. The monoisotopic (exact) mass is 462 g/mol. The molecule has 3 aromatic rings. The van der Waals surface area contributed by atoms with E-state index in [1.807, 2.05) is 12.1 Å². The Bertz CT molecular complexity index is 1200. The van der Waals surface area contributed by atoms with E-state index in [0.29, 0.717) is 0 Å². The van der Waals surface area contributed by atoms with Crippen LogP contribution in [0.25, 0.3) is 10.8 Å². The summed E-state index contributed by atoms with van der Waals surface area (Å²) >= 11 is 6.65. The third-order valence-corrected chi connectivity index (χ3v) is 7.87. The lowest BCUT2D eigenvalue weighted by Gasteiger charge is -2.49. The Kier molecular flexibility index (Phi) is 5.22. The van der Waals surface area contributed by atoms with Gasteiger partial charge in [0.25, 0.3) is 0 Å². The predicted molar refractivity (Wildman–Crippen MR) is 135 cm³/mol. The van der Waals surface area contributed by atoms with E-state index in [0.717, 1.165) is 73.4 Å². The normalized spacial score (nSPS) is 22.7. The van der Waals surface area contributed by atoms with Gasteiger partial charge in [-0.3, -0.25) is 0 Å². The molecule has 4 heterocycles. The summed E-state index contributed by atoms with van der Waals surface area (Å²) in [7, 11) is 0. The number of hydrogen-bond donors (Lipinski definition) is 0. The van der Waals surface area contributed by atoms with Gasteiger partial charge in [0.1, 0.15) is 11.6 Å². The van der Waals surface area contributed by atoms with Crippen LogP contribution in [-0.4, -0.2) is 41.8 Å². The highest BCUT2D eigenvalue weighted by Gasteiger charge is 2.43. The van der Waals surface area contributed by atoms with Gasteiger partial charge < -0.3 is 14.5 Å². The molecule has 0 radical (unpaired) electrons. The molecule has 3 aliphatic heterocycles. The molecule has 2 aromatic carbocycles. The van der Waals surface area contributed by atoms with Crippen LogP contribution in [0.4, 0.5) is 11.5 Å². The van der Waals surface area contributed by atoms with Crippen molar-refractivity contribution in [1.29, 1.82) is 0 Å². The molecule has 1 atom stereocenters. The maximum atomic E-state index is 6.65. The van der Waals surface area contributed by atoms with Crippen LogP contribution in [-0.2, 0) is 17.7 Å². The number of halogens is 1. The number of piperidine rings is 1. The molecule has 2 saturated heterocycles. The fourth-order valence-electron chi connectivity index (χ4n) is 5.69. The number of rotatable bonds is 3. The molecule has 0 bridgehead atoms. The quantitative estimate of drug-likeness (QED) is 0.497. The van der Waals surface area contributed by atoms with Crippen molar-refractivity contribution in [2.45, 2.75) is 57.6 Å². The molecule has 3 aliphatic rings. The fourth-order valence-corrected chi connectivity index (χ4v) is 5.96. The number of ether oxygens (including phenoxy) is 1. The molecule has 1 aromatic heterocycles. The van der Waals surface area contributed by atoms with Crippen molar-refractivity contribution in [3.63, 3.8) is 0 Å². The van der Waals surface area contributed by atoms with Gasteiger partial charge >= 0.3 is 0 Å². The summed E-state index contributed by atoms with van der Waals surface area (Å²) in [6, 6.07) is 12.6. The molecule has 172 valence electrons.